The molecule has 3 heterocycles. The van der Waals surface area contributed by atoms with Crippen molar-refractivity contribution >= 4 is 44.9 Å². The Morgan fingerprint density at radius 1 is 1.07 bits per heavy atom. The fraction of sp³-hybridized carbons (Fsp3) is 0.156. The topological polar surface area (TPSA) is 59.2 Å². The molecule has 5 rings (SSSR count). The summed E-state index contributed by atoms with van der Waals surface area (Å²) < 4.78 is 35.6. The number of hydrogen-bond acceptors (Lipinski definition) is 4. The van der Waals surface area contributed by atoms with Gasteiger partial charge in [0, 0.05) is 40.4 Å². The molecule has 0 aliphatic carbocycles. The summed E-state index contributed by atoms with van der Waals surface area (Å²) in [6.45, 7) is 4.14. The zero-order chi connectivity index (χ0) is 28.2. The molecular weight excluding hydrogens is 576 g/mol. The molecule has 0 bridgehead atoms. The highest BCUT2D eigenvalue weighted by Crippen LogP contribution is 2.34. The number of hydrogen-bond donors (Lipinski definition) is 0. The summed E-state index contributed by atoms with van der Waals surface area (Å²) >= 11 is 3.51. The van der Waals surface area contributed by atoms with Gasteiger partial charge in [-0.15, -0.1) is 0 Å². The van der Waals surface area contributed by atoms with Crippen molar-refractivity contribution < 1.29 is 18.0 Å². The first kappa shape index (κ1) is 27.4. The van der Waals surface area contributed by atoms with Crippen LogP contribution in [0.2, 0.25) is 0 Å². The number of amides is 1. The summed E-state index contributed by atoms with van der Waals surface area (Å²) in [6, 6.07) is 17.1. The summed E-state index contributed by atoms with van der Waals surface area (Å²) in [7, 11) is 0. The molecular formula is C32H26BrF2N3O2. The number of benzene rings is 2. The number of furan rings is 1. The highest BCUT2D eigenvalue weighted by atomic mass is 79.9. The maximum atomic E-state index is 15.3. The van der Waals surface area contributed by atoms with Gasteiger partial charge in [0.2, 0.25) is 0 Å². The Morgan fingerprint density at radius 3 is 2.62 bits per heavy atom. The minimum Gasteiger partial charge on any atom is -0.462 e. The first-order chi connectivity index (χ1) is 19.3. The Labute approximate surface area is 239 Å². The number of aromatic nitrogens is 2. The molecule has 0 N–H and O–H groups in total. The van der Waals surface area contributed by atoms with Crippen LogP contribution < -0.4 is 0 Å². The number of rotatable bonds is 8. The number of pyridine rings is 2. The first-order valence-electron chi connectivity index (χ1n) is 12.8. The van der Waals surface area contributed by atoms with Crippen molar-refractivity contribution in [1.82, 2.24) is 14.9 Å². The van der Waals surface area contributed by atoms with Crippen molar-refractivity contribution in [2.75, 3.05) is 6.54 Å². The summed E-state index contributed by atoms with van der Waals surface area (Å²) in [5.41, 5.74) is 2.40. The number of nitrogens with zero attached hydrogens (tertiary/aromatic N) is 3. The van der Waals surface area contributed by atoms with Gasteiger partial charge in [-0.3, -0.25) is 9.78 Å². The van der Waals surface area contributed by atoms with Gasteiger partial charge in [0.05, 0.1) is 22.8 Å². The third-order valence-corrected chi connectivity index (χ3v) is 6.99. The van der Waals surface area contributed by atoms with E-state index in [0.29, 0.717) is 46.4 Å². The van der Waals surface area contributed by atoms with Gasteiger partial charge in [0.25, 0.3) is 5.91 Å². The molecule has 0 saturated carbocycles. The molecule has 3 aromatic heterocycles. The average Bonchev–Trinajstić information content (AvgIpc) is 3.37. The minimum absolute atomic E-state index is 0.184. The molecule has 0 radical (unpaired) electrons. The summed E-state index contributed by atoms with van der Waals surface area (Å²) in [5.74, 6) is -0.279. The fourth-order valence-corrected chi connectivity index (χ4v) is 5.08. The van der Waals surface area contributed by atoms with Gasteiger partial charge in [-0.05, 0) is 79.6 Å². The van der Waals surface area contributed by atoms with Crippen LogP contribution in [-0.4, -0.2) is 27.3 Å². The SMILES string of the molecule is CCCN(C(=O)c1cc(/C=C/c2ccc(C)o2)nc2ccc(Br)cc12)C(c1cccnc1)c1ccc(F)cc1F. The van der Waals surface area contributed by atoms with E-state index in [2.05, 4.69) is 20.9 Å². The second-order valence-electron chi connectivity index (χ2n) is 9.39. The third kappa shape index (κ3) is 5.87. The molecule has 202 valence electrons. The first-order valence-corrected chi connectivity index (χ1v) is 13.6. The van der Waals surface area contributed by atoms with Crippen LogP contribution in [0.15, 0.2) is 88.0 Å². The molecule has 5 nitrogen and oxygen atoms in total. The summed E-state index contributed by atoms with van der Waals surface area (Å²) in [5, 5.41) is 0.649. The highest BCUT2D eigenvalue weighted by Gasteiger charge is 2.31. The lowest BCUT2D eigenvalue weighted by Gasteiger charge is -2.33. The van der Waals surface area contributed by atoms with E-state index in [9.17, 15) is 9.18 Å². The molecule has 0 saturated heterocycles. The smallest absolute Gasteiger partial charge is 0.255 e. The molecule has 0 spiro atoms. The van der Waals surface area contributed by atoms with Gasteiger partial charge in [-0.25, -0.2) is 13.8 Å². The number of carbonyl (C=O) groups is 1. The van der Waals surface area contributed by atoms with E-state index in [1.807, 2.05) is 44.2 Å². The lowest BCUT2D eigenvalue weighted by atomic mass is 9.96. The highest BCUT2D eigenvalue weighted by molar-refractivity contribution is 9.10. The van der Waals surface area contributed by atoms with Crippen molar-refractivity contribution in [2.45, 2.75) is 26.3 Å². The predicted molar refractivity (Wildman–Crippen MR) is 156 cm³/mol. The van der Waals surface area contributed by atoms with Crippen LogP contribution in [0.3, 0.4) is 0 Å². The van der Waals surface area contributed by atoms with Crippen molar-refractivity contribution in [2.24, 2.45) is 0 Å². The van der Waals surface area contributed by atoms with Crippen LogP contribution in [0.1, 0.15) is 58.1 Å². The molecule has 1 amide bonds. The fourth-order valence-electron chi connectivity index (χ4n) is 4.72. The van der Waals surface area contributed by atoms with E-state index in [1.165, 1.54) is 12.1 Å². The quantitative estimate of drug-likeness (QED) is 0.179. The molecule has 8 heteroatoms. The Balaban J connectivity index is 1.67. The van der Waals surface area contributed by atoms with E-state index in [-0.39, 0.29) is 11.5 Å². The van der Waals surface area contributed by atoms with Crippen molar-refractivity contribution in [1.29, 1.82) is 0 Å². The largest absolute Gasteiger partial charge is 0.462 e. The molecule has 5 aromatic rings. The van der Waals surface area contributed by atoms with Crippen LogP contribution >= 0.6 is 15.9 Å². The number of aryl methyl sites for hydroxylation is 1. The molecule has 2 aromatic carbocycles. The minimum atomic E-state index is -0.831. The van der Waals surface area contributed by atoms with Crippen molar-refractivity contribution in [3.8, 4) is 0 Å². The van der Waals surface area contributed by atoms with Crippen LogP contribution in [0.4, 0.5) is 8.78 Å². The standard InChI is InChI=1S/C32H26BrF2N3O2/c1-3-15-38(31(21-5-4-14-36-19-21)26-12-8-23(34)17-29(26)35)32(39)28-18-24(9-11-25-10-6-20(2)40-25)37-30-13-7-22(33)16-27(28)30/h4-14,16-19,31H,3,15H2,1-2H3/b11-9+. The zero-order valence-electron chi connectivity index (χ0n) is 21.9. The Kier molecular flexibility index (Phi) is 8.16. The Morgan fingerprint density at radius 2 is 1.93 bits per heavy atom. The molecule has 0 aliphatic rings. The maximum absolute atomic E-state index is 15.3. The second kappa shape index (κ2) is 11.9. The normalized spacial score (nSPS) is 12.2. The molecule has 1 unspecified atom stereocenters. The monoisotopic (exact) mass is 601 g/mol. The van der Waals surface area contributed by atoms with E-state index in [4.69, 9.17) is 9.40 Å². The van der Waals surface area contributed by atoms with Gasteiger partial charge in [-0.2, -0.15) is 0 Å². The van der Waals surface area contributed by atoms with Gasteiger partial charge in [0.1, 0.15) is 23.2 Å². The lowest BCUT2D eigenvalue weighted by molar-refractivity contribution is 0.0705. The number of halogens is 3. The third-order valence-electron chi connectivity index (χ3n) is 6.49. The molecule has 0 fully saturated rings. The van der Waals surface area contributed by atoms with Crippen molar-refractivity contribution in [3.63, 3.8) is 0 Å². The Hall–Kier alpha value is -4.17. The second-order valence-corrected chi connectivity index (χ2v) is 10.3. The summed E-state index contributed by atoms with van der Waals surface area (Å²) in [4.78, 5) is 25.1. The van der Waals surface area contributed by atoms with Crippen LogP contribution in [0, 0.1) is 18.6 Å². The van der Waals surface area contributed by atoms with E-state index < -0.39 is 17.7 Å². The van der Waals surface area contributed by atoms with Crippen LogP contribution in [0.5, 0.6) is 0 Å². The number of carbonyl (C=O) groups excluding carboxylic acids is 1. The molecule has 0 aliphatic heterocycles. The lowest BCUT2D eigenvalue weighted by Crippen LogP contribution is -2.37. The Bertz CT molecular complexity index is 1700. The maximum Gasteiger partial charge on any atom is 0.255 e. The molecule has 40 heavy (non-hydrogen) atoms. The van der Waals surface area contributed by atoms with E-state index in [0.717, 1.165) is 16.3 Å². The van der Waals surface area contributed by atoms with Crippen LogP contribution in [0.25, 0.3) is 23.1 Å². The zero-order valence-corrected chi connectivity index (χ0v) is 23.5. The van der Waals surface area contributed by atoms with Gasteiger partial charge < -0.3 is 9.32 Å². The number of fused-ring (bicyclic) bond motifs is 1. The van der Waals surface area contributed by atoms with Gasteiger partial charge >= 0.3 is 0 Å². The molecule has 1 atom stereocenters. The van der Waals surface area contributed by atoms with Gasteiger partial charge in [0.15, 0.2) is 0 Å². The van der Waals surface area contributed by atoms with Gasteiger partial charge in [-0.1, -0.05) is 35.0 Å². The van der Waals surface area contributed by atoms with Crippen LogP contribution in [-0.2, 0) is 0 Å². The van der Waals surface area contributed by atoms with E-state index >= 15 is 4.39 Å². The predicted octanol–water partition coefficient (Wildman–Crippen LogP) is 8.38. The van der Waals surface area contributed by atoms with E-state index in [1.54, 1.807) is 47.6 Å². The van der Waals surface area contributed by atoms with Crippen molar-refractivity contribution in [3.05, 3.63) is 129 Å². The average molecular weight is 602 g/mol. The summed E-state index contributed by atoms with van der Waals surface area (Å²) in [6.07, 6.45) is 7.41.